The number of methoxy groups -OCH3 is 1. The molecule has 0 spiro atoms. The van der Waals surface area contributed by atoms with Gasteiger partial charge in [-0.05, 0) is 32.0 Å². The normalized spacial score (nSPS) is 12.4. The Morgan fingerprint density at radius 3 is 2.84 bits per heavy atom. The Hall–Kier alpha value is -1.53. The van der Waals surface area contributed by atoms with Crippen molar-refractivity contribution in [3.05, 3.63) is 39.6 Å². The van der Waals surface area contributed by atoms with Gasteiger partial charge in [0.1, 0.15) is 21.6 Å². The van der Waals surface area contributed by atoms with E-state index in [1.54, 1.807) is 24.5 Å². The van der Waals surface area contributed by atoms with Crippen molar-refractivity contribution in [1.29, 1.82) is 0 Å². The monoisotopic (exact) mass is 281 g/mol. The number of nitrogens with zero attached hydrogens (tertiary/aromatic N) is 2. The largest absolute Gasteiger partial charge is 0.496 e. The summed E-state index contributed by atoms with van der Waals surface area (Å²) in [6.07, 6.45) is 0. The number of rotatable bonds is 5. The van der Waals surface area contributed by atoms with Gasteiger partial charge in [0.25, 0.3) is 0 Å². The van der Waals surface area contributed by atoms with Crippen molar-refractivity contribution in [2.75, 3.05) is 7.11 Å². The molecule has 1 aromatic heterocycles. The van der Waals surface area contributed by atoms with Gasteiger partial charge in [0.05, 0.1) is 13.7 Å². The molecule has 4 nitrogen and oxygen atoms in total. The Bertz CT molecular complexity index is 559. The second kappa shape index (κ2) is 6.08. The number of nitrogens with one attached hydrogen (secondary N) is 1. The van der Waals surface area contributed by atoms with E-state index in [4.69, 9.17) is 4.74 Å². The van der Waals surface area contributed by atoms with Gasteiger partial charge in [0, 0.05) is 11.6 Å². The van der Waals surface area contributed by atoms with Gasteiger partial charge in [-0.15, -0.1) is 21.5 Å². The summed E-state index contributed by atoms with van der Waals surface area (Å²) >= 11 is 1.55. The summed E-state index contributed by atoms with van der Waals surface area (Å²) in [5, 5.41) is 13.1. The van der Waals surface area contributed by atoms with Crippen LogP contribution in [0, 0.1) is 12.7 Å². The lowest BCUT2D eigenvalue weighted by molar-refractivity contribution is 0.399. The van der Waals surface area contributed by atoms with Crippen LogP contribution in [0.2, 0.25) is 0 Å². The van der Waals surface area contributed by atoms with Crippen LogP contribution in [0.4, 0.5) is 4.39 Å². The molecule has 1 atom stereocenters. The molecule has 0 bridgehead atoms. The number of aromatic nitrogens is 2. The molecule has 1 heterocycles. The molecule has 0 saturated heterocycles. The van der Waals surface area contributed by atoms with Crippen LogP contribution in [0.3, 0.4) is 0 Å². The second-order valence-corrected chi connectivity index (χ2v) is 5.47. The average molecular weight is 281 g/mol. The van der Waals surface area contributed by atoms with E-state index >= 15 is 0 Å². The van der Waals surface area contributed by atoms with Crippen molar-refractivity contribution >= 4 is 11.3 Å². The number of benzene rings is 1. The summed E-state index contributed by atoms with van der Waals surface area (Å²) in [6.45, 7) is 4.48. The maximum absolute atomic E-state index is 13.3. The summed E-state index contributed by atoms with van der Waals surface area (Å²) in [5.74, 6) is 0.408. The Kier molecular flexibility index (Phi) is 4.44. The standard InChI is InChI=1S/C13H16FN3OS/c1-8(15-7-13-17-16-9(2)19-13)11-6-10(14)4-5-12(11)18-3/h4-6,8,15H,7H2,1-3H3/t8-/m1/s1. The zero-order chi connectivity index (χ0) is 13.8. The Morgan fingerprint density at radius 1 is 1.42 bits per heavy atom. The molecular formula is C13H16FN3OS. The number of halogens is 1. The molecule has 0 fully saturated rings. The van der Waals surface area contributed by atoms with Gasteiger partial charge >= 0.3 is 0 Å². The Morgan fingerprint density at radius 2 is 2.21 bits per heavy atom. The fourth-order valence-electron chi connectivity index (χ4n) is 1.80. The van der Waals surface area contributed by atoms with Crippen molar-refractivity contribution in [3.63, 3.8) is 0 Å². The van der Waals surface area contributed by atoms with Crippen LogP contribution in [0.25, 0.3) is 0 Å². The molecule has 0 aliphatic heterocycles. The molecule has 0 aliphatic carbocycles. The van der Waals surface area contributed by atoms with E-state index in [0.29, 0.717) is 12.3 Å². The van der Waals surface area contributed by atoms with Gasteiger partial charge in [-0.1, -0.05) is 0 Å². The van der Waals surface area contributed by atoms with Crippen molar-refractivity contribution < 1.29 is 9.13 Å². The van der Waals surface area contributed by atoms with Crippen LogP contribution in [0.15, 0.2) is 18.2 Å². The smallest absolute Gasteiger partial charge is 0.131 e. The highest BCUT2D eigenvalue weighted by molar-refractivity contribution is 7.11. The zero-order valence-electron chi connectivity index (χ0n) is 11.1. The number of ether oxygens (including phenoxy) is 1. The molecule has 2 rings (SSSR count). The molecule has 0 saturated carbocycles. The minimum atomic E-state index is -0.267. The van der Waals surface area contributed by atoms with E-state index in [-0.39, 0.29) is 11.9 Å². The second-order valence-electron chi connectivity index (χ2n) is 4.20. The van der Waals surface area contributed by atoms with Crippen LogP contribution in [0.5, 0.6) is 5.75 Å². The summed E-state index contributed by atoms with van der Waals surface area (Å²) in [5.41, 5.74) is 0.795. The third kappa shape index (κ3) is 3.48. The van der Waals surface area contributed by atoms with Crippen molar-refractivity contribution in [2.45, 2.75) is 26.4 Å². The molecule has 0 aliphatic rings. The molecule has 0 radical (unpaired) electrons. The highest BCUT2D eigenvalue weighted by Gasteiger charge is 2.13. The van der Waals surface area contributed by atoms with Gasteiger partial charge in [-0.25, -0.2) is 4.39 Å². The topological polar surface area (TPSA) is 47.0 Å². The van der Waals surface area contributed by atoms with E-state index in [0.717, 1.165) is 15.6 Å². The molecule has 19 heavy (non-hydrogen) atoms. The first-order chi connectivity index (χ1) is 9.10. The lowest BCUT2D eigenvalue weighted by atomic mass is 10.1. The van der Waals surface area contributed by atoms with Gasteiger partial charge in [0.2, 0.25) is 0 Å². The van der Waals surface area contributed by atoms with Gasteiger partial charge < -0.3 is 10.1 Å². The fourth-order valence-corrected chi connectivity index (χ4v) is 2.46. The van der Waals surface area contributed by atoms with E-state index in [1.807, 2.05) is 13.8 Å². The number of hydrogen-bond donors (Lipinski definition) is 1. The number of aryl methyl sites for hydroxylation is 1. The van der Waals surface area contributed by atoms with Gasteiger partial charge in [-0.2, -0.15) is 0 Å². The summed E-state index contributed by atoms with van der Waals surface area (Å²) in [7, 11) is 1.58. The lowest BCUT2D eigenvalue weighted by Crippen LogP contribution is -2.18. The highest BCUT2D eigenvalue weighted by Crippen LogP contribution is 2.26. The van der Waals surface area contributed by atoms with Gasteiger partial charge in [0.15, 0.2) is 0 Å². The Labute approximate surface area is 115 Å². The molecule has 102 valence electrons. The van der Waals surface area contributed by atoms with E-state index in [9.17, 15) is 4.39 Å². The quantitative estimate of drug-likeness (QED) is 0.915. The summed E-state index contributed by atoms with van der Waals surface area (Å²) in [4.78, 5) is 0. The lowest BCUT2D eigenvalue weighted by Gasteiger charge is -2.16. The van der Waals surface area contributed by atoms with Gasteiger partial charge in [-0.3, -0.25) is 0 Å². The molecule has 1 N–H and O–H groups in total. The van der Waals surface area contributed by atoms with Crippen LogP contribution < -0.4 is 10.1 Å². The maximum atomic E-state index is 13.3. The first-order valence-corrected chi connectivity index (χ1v) is 6.77. The molecule has 0 amide bonds. The minimum absolute atomic E-state index is 0.0325. The molecular weight excluding hydrogens is 265 g/mol. The molecule has 0 unspecified atom stereocenters. The van der Waals surface area contributed by atoms with E-state index in [2.05, 4.69) is 15.5 Å². The first kappa shape index (κ1) is 13.9. The highest BCUT2D eigenvalue weighted by atomic mass is 32.1. The van der Waals surface area contributed by atoms with Crippen LogP contribution in [0.1, 0.15) is 28.5 Å². The number of hydrogen-bond acceptors (Lipinski definition) is 5. The average Bonchev–Trinajstić information content (AvgIpc) is 2.81. The third-order valence-electron chi connectivity index (χ3n) is 2.79. The third-order valence-corrected chi connectivity index (χ3v) is 3.62. The summed E-state index contributed by atoms with van der Waals surface area (Å²) in [6, 6.07) is 4.48. The minimum Gasteiger partial charge on any atom is -0.496 e. The molecule has 1 aromatic carbocycles. The Balaban J connectivity index is 2.06. The van der Waals surface area contributed by atoms with Crippen LogP contribution in [-0.2, 0) is 6.54 Å². The SMILES string of the molecule is COc1ccc(F)cc1[C@@H](C)NCc1nnc(C)s1. The first-order valence-electron chi connectivity index (χ1n) is 5.96. The molecule has 2 aromatic rings. The fraction of sp³-hybridized carbons (Fsp3) is 0.385. The predicted molar refractivity (Wildman–Crippen MR) is 72.9 cm³/mol. The van der Waals surface area contributed by atoms with Crippen molar-refractivity contribution in [2.24, 2.45) is 0 Å². The van der Waals surface area contributed by atoms with Crippen LogP contribution >= 0.6 is 11.3 Å². The van der Waals surface area contributed by atoms with Crippen molar-refractivity contribution in [3.8, 4) is 5.75 Å². The zero-order valence-corrected chi connectivity index (χ0v) is 11.9. The molecule has 6 heteroatoms. The summed E-state index contributed by atoms with van der Waals surface area (Å²) < 4.78 is 18.6. The van der Waals surface area contributed by atoms with Crippen molar-refractivity contribution in [1.82, 2.24) is 15.5 Å². The maximum Gasteiger partial charge on any atom is 0.131 e. The van der Waals surface area contributed by atoms with E-state index in [1.165, 1.54) is 12.1 Å². The predicted octanol–water partition coefficient (Wildman–Crippen LogP) is 2.85. The van der Waals surface area contributed by atoms with E-state index < -0.39 is 0 Å². The van der Waals surface area contributed by atoms with Crippen LogP contribution in [-0.4, -0.2) is 17.3 Å².